The molecule has 1 rings (SSSR count). The lowest BCUT2D eigenvalue weighted by Crippen LogP contribution is -2.35. The minimum absolute atomic E-state index is 0.0841. The van der Waals surface area contributed by atoms with Gasteiger partial charge in [0.1, 0.15) is 0 Å². The molecule has 0 fully saturated rings. The number of nitro benzene ring substituents is 1. The maximum absolute atomic E-state index is 11.5. The van der Waals surface area contributed by atoms with Gasteiger partial charge in [0, 0.05) is 37.0 Å². The summed E-state index contributed by atoms with van der Waals surface area (Å²) in [7, 11) is 1.69. The van der Waals surface area contributed by atoms with Crippen LogP contribution < -0.4 is 10.2 Å². The molecular weight excluding hydrogens is 250 g/mol. The number of hydrogen-bond donors (Lipinski definition) is 2. The van der Waals surface area contributed by atoms with E-state index in [4.69, 9.17) is 0 Å². The molecule has 7 nitrogen and oxygen atoms in total. The van der Waals surface area contributed by atoms with Crippen molar-refractivity contribution in [2.24, 2.45) is 0 Å². The van der Waals surface area contributed by atoms with Gasteiger partial charge in [-0.1, -0.05) is 0 Å². The van der Waals surface area contributed by atoms with Crippen LogP contribution in [0.25, 0.3) is 0 Å². The number of benzene rings is 1. The van der Waals surface area contributed by atoms with Crippen LogP contribution in [0.4, 0.5) is 11.4 Å². The quantitative estimate of drug-likeness (QED) is 0.583. The topological polar surface area (TPSA) is 95.7 Å². The van der Waals surface area contributed by atoms with E-state index in [-0.39, 0.29) is 24.7 Å². The number of non-ortho nitro benzene ring substituents is 1. The second-order valence-corrected chi connectivity index (χ2v) is 4.04. The van der Waals surface area contributed by atoms with E-state index in [0.717, 1.165) is 0 Å². The number of likely N-dealkylation sites (N-methyl/N-ethyl adjacent to an activating group) is 2. The van der Waals surface area contributed by atoms with E-state index in [2.05, 4.69) is 5.32 Å². The van der Waals surface area contributed by atoms with E-state index in [9.17, 15) is 20.0 Å². The van der Waals surface area contributed by atoms with Crippen molar-refractivity contribution < 1.29 is 14.8 Å². The molecule has 7 heteroatoms. The highest BCUT2D eigenvalue weighted by molar-refractivity contribution is 5.81. The Morgan fingerprint density at radius 2 is 2.21 bits per heavy atom. The first-order chi connectivity index (χ1) is 8.99. The molecule has 0 aliphatic rings. The predicted molar refractivity (Wildman–Crippen MR) is 71.0 cm³/mol. The summed E-state index contributed by atoms with van der Waals surface area (Å²) in [5.74, 6) is -0.146. The summed E-state index contributed by atoms with van der Waals surface area (Å²) in [5, 5.41) is 22.6. The molecule has 0 unspecified atom stereocenters. The number of nitro groups is 1. The zero-order valence-electron chi connectivity index (χ0n) is 10.9. The van der Waals surface area contributed by atoms with Crippen LogP contribution in [0.2, 0.25) is 0 Å². The van der Waals surface area contributed by atoms with Crippen molar-refractivity contribution in [1.82, 2.24) is 5.32 Å². The molecule has 2 N–H and O–H groups in total. The maximum Gasteiger partial charge on any atom is 0.269 e. The summed E-state index contributed by atoms with van der Waals surface area (Å²) < 4.78 is 0. The molecule has 0 saturated carbocycles. The lowest BCUT2D eigenvalue weighted by Gasteiger charge is -2.21. The second-order valence-electron chi connectivity index (χ2n) is 4.04. The van der Waals surface area contributed by atoms with E-state index >= 15 is 0 Å². The molecule has 0 atom stereocenters. The van der Waals surface area contributed by atoms with Crippen LogP contribution >= 0.6 is 0 Å². The molecule has 104 valence electrons. The summed E-state index contributed by atoms with van der Waals surface area (Å²) in [4.78, 5) is 23.3. The van der Waals surface area contributed by atoms with Gasteiger partial charge >= 0.3 is 0 Å². The number of aliphatic hydroxyl groups excluding tert-OH is 1. The maximum atomic E-state index is 11.5. The number of aliphatic hydroxyl groups is 1. The van der Waals surface area contributed by atoms with Gasteiger partial charge in [-0.05, 0) is 13.0 Å². The molecule has 0 saturated heterocycles. The molecule has 0 radical (unpaired) electrons. The Hall–Kier alpha value is -2.15. The average Bonchev–Trinajstić information content (AvgIpc) is 2.37. The van der Waals surface area contributed by atoms with Gasteiger partial charge in [0.15, 0.2) is 0 Å². The standard InChI is InChI=1S/C12H17N3O4/c1-3-13-12(17)7-14(2)11-5-4-10(15(18)19)6-9(11)8-16/h4-6,16H,3,7-8H2,1-2H3,(H,13,17). The van der Waals surface area contributed by atoms with Crippen LogP contribution in [0.5, 0.6) is 0 Å². The van der Waals surface area contributed by atoms with Crippen molar-refractivity contribution in [3.05, 3.63) is 33.9 Å². The molecule has 0 heterocycles. The Balaban J connectivity index is 2.93. The van der Waals surface area contributed by atoms with Crippen LogP contribution in [0.1, 0.15) is 12.5 Å². The minimum atomic E-state index is -0.521. The monoisotopic (exact) mass is 267 g/mol. The Kier molecular flexibility index (Phi) is 5.25. The van der Waals surface area contributed by atoms with E-state index in [1.54, 1.807) is 11.9 Å². The van der Waals surface area contributed by atoms with Gasteiger partial charge in [0.2, 0.25) is 5.91 Å². The molecule has 1 aromatic carbocycles. The molecule has 0 aliphatic heterocycles. The Morgan fingerprint density at radius 3 is 2.74 bits per heavy atom. The van der Waals surface area contributed by atoms with Gasteiger partial charge in [0.25, 0.3) is 5.69 Å². The van der Waals surface area contributed by atoms with Crippen molar-refractivity contribution >= 4 is 17.3 Å². The number of amides is 1. The van der Waals surface area contributed by atoms with Crippen molar-refractivity contribution in [3.63, 3.8) is 0 Å². The largest absolute Gasteiger partial charge is 0.392 e. The fourth-order valence-electron chi connectivity index (χ4n) is 1.74. The van der Waals surface area contributed by atoms with Gasteiger partial charge in [-0.25, -0.2) is 0 Å². The Bertz CT molecular complexity index is 476. The highest BCUT2D eigenvalue weighted by Gasteiger charge is 2.14. The van der Waals surface area contributed by atoms with Crippen LogP contribution in [0.15, 0.2) is 18.2 Å². The van der Waals surface area contributed by atoms with Gasteiger partial charge in [-0.3, -0.25) is 14.9 Å². The Morgan fingerprint density at radius 1 is 1.53 bits per heavy atom. The van der Waals surface area contributed by atoms with E-state index in [1.165, 1.54) is 18.2 Å². The van der Waals surface area contributed by atoms with E-state index in [1.807, 2.05) is 6.92 Å². The van der Waals surface area contributed by atoms with Crippen LogP contribution in [-0.4, -0.2) is 36.1 Å². The van der Waals surface area contributed by atoms with Crippen LogP contribution in [0.3, 0.4) is 0 Å². The molecule has 19 heavy (non-hydrogen) atoms. The summed E-state index contributed by atoms with van der Waals surface area (Å²) in [6.07, 6.45) is 0. The first-order valence-electron chi connectivity index (χ1n) is 5.85. The lowest BCUT2D eigenvalue weighted by atomic mass is 10.1. The highest BCUT2D eigenvalue weighted by Crippen LogP contribution is 2.24. The van der Waals surface area contributed by atoms with Crippen LogP contribution in [0, 0.1) is 10.1 Å². The zero-order chi connectivity index (χ0) is 14.4. The second kappa shape index (κ2) is 6.69. The van der Waals surface area contributed by atoms with Crippen LogP contribution in [-0.2, 0) is 11.4 Å². The summed E-state index contributed by atoms with van der Waals surface area (Å²) >= 11 is 0. The normalized spacial score (nSPS) is 10.1. The first kappa shape index (κ1) is 14.9. The molecule has 0 aromatic heterocycles. The molecule has 1 amide bonds. The smallest absolute Gasteiger partial charge is 0.269 e. The summed E-state index contributed by atoms with van der Waals surface area (Å²) in [6, 6.07) is 4.19. The number of carbonyl (C=O) groups is 1. The minimum Gasteiger partial charge on any atom is -0.392 e. The predicted octanol–water partition coefficient (Wildman–Crippen LogP) is 0.659. The molecule has 0 spiro atoms. The summed E-state index contributed by atoms with van der Waals surface area (Å²) in [5.41, 5.74) is 0.930. The third-order valence-electron chi connectivity index (χ3n) is 2.61. The third-order valence-corrected chi connectivity index (χ3v) is 2.61. The zero-order valence-corrected chi connectivity index (χ0v) is 10.9. The molecule has 0 bridgehead atoms. The van der Waals surface area contributed by atoms with Gasteiger partial charge in [-0.2, -0.15) is 0 Å². The van der Waals surface area contributed by atoms with Crippen molar-refractivity contribution in [2.75, 3.05) is 25.0 Å². The third kappa shape index (κ3) is 3.92. The van der Waals surface area contributed by atoms with E-state index < -0.39 is 4.92 Å². The van der Waals surface area contributed by atoms with Crippen molar-refractivity contribution in [1.29, 1.82) is 0 Å². The van der Waals surface area contributed by atoms with Gasteiger partial charge in [0.05, 0.1) is 18.1 Å². The van der Waals surface area contributed by atoms with E-state index in [0.29, 0.717) is 17.8 Å². The fourth-order valence-corrected chi connectivity index (χ4v) is 1.74. The highest BCUT2D eigenvalue weighted by atomic mass is 16.6. The average molecular weight is 267 g/mol. The van der Waals surface area contributed by atoms with Crippen molar-refractivity contribution in [2.45, 2.75) is 13.5 Å². The lowest BCUT2D eigenvalue weighted by molar-refractivity contribution is -0.384. The Labute approximate surface area is 111 Å². The number of anilines is 1. The summed E-state index contributed by atoms with van der Waals surface area (Å²) in [6.45, 7) is 2.16. The number of nitrogens with zero attached hydrogens (tertiary/aromatic N) is 2. The van der Waals surface area contributed by atoms with Gasteiger partial charge in [-0.15, -0.1) is 0 Å². The molecular formula is C12H17N3O4. The number of nitrogens with one attached hydrogen (secondary N) is 1. The molecule has 1 aromatic rings. The SMILES string of the molecule is CCNC(=O)CN(C)c1ccc([N+](=O)[O-])cc1CO. The number of hydrogen-bond acceptors (Lipinski definition) is 5. The number of rotatable bonds is 6. The first-order valence-corrected chi connectivity index (χ1v) is 5.85. The fraction of sp³-hybridized carbons (Fsp3) is 0.417. The molecule has 0 aliphatic carbocycles. The van der Waals surface area contributed by atoms with Crippen molar-refractivity contribution in [3.8, 4) is 0 Å². The van der Waals surface area contributed by atoms with Gasteiger partial charge < -0.3 is 15.3 Å². The number of carbonyl (C=O) groups excluding carboxylic acids is 1.